The Labute approximate surface area is 222 Å². The number of ether oxygens (including phenoxy) is 1. The highest BCUT2D eigenvalue weighted by atomic mass is 16.5. The fourth-order valence-electron chi connectivity index (χ4n) is 3.14. The molecule has 0 atom stereocenters. The zero-order valence-corrected chi connectivity index (χ0v) is 23.3. The maximum absolute atomic E-state index is 11.3. The highest BCUT2D eigenvalue weighted by Crippen LogP contribution is 2.09. The standard InChI is InChI=1S/C14H27NO2.C12H22O2.C3H9NO/c1-2-3-4-5-6-7-8-9-11-14(17)15-12-10-13-16;1-3-4-5-6-7-8-9-10-11-12(13)14-2;4-2-1-3-5/h2,16H,1,3-13H2,(H,15,17);3H,1,4-11H2,2H3;5H,1-4H2. The molecule has 214 valence electrons. The molecule has 0 aliphatic rings. The molecule has 1 amide bonds. The number of unbranched alkanes of at least 4 members (excludes halogenated alkanes) is 12. The van der Waals surface area contributed by atoms with Gasteiger partial charge in [0.2, 0.25) is 5.91 Å². The molecule has 0 aromatic rings. The predicted molar refractivity (Wildman–Crippen MR) is 152 cm³/mol. The van der Waals surface area contributed by atoms with Gasteiger partial charge in [0.25, 0.3) is 0 Å². The van der Waals surface area contributed by atoms with Gasteiger partial charge in [0.1, 0.15) is 0 Å². The Morgan fingerprint density at radius 2 is 1.17 bits per heavy atom. The first-order valence-electron chi connectivity index (χ1n) is 14.0. The van der Waals surface area contributed by atoms with Gasteiger partial charge < -0.3 is 26.0 Å². The predicted octanol–water partition coefficient (Wildman–Crippen LogP) is 5.59. The van der Waals surface area contributed by atoms with Crippen molar-refractivity contribution in [2.75, 3.05) is 33.4 Å². The van der Waals surface area contributed by atoms with E-state index in [1.807, 2.05) is 12.2 Å². The number of hydrogen-bond acceptors (Lipinski definition) is 6. The largest absolute Gasteiger partial charge is 0.469 e. The molecule has 0 saturated carbocycles. The molecule has 0 unspecified atom stereocenters. The highest BCUT2D eigenvalue weighted by molar-refractivity contribution is 5.75. The number of aliphatic hydroxyl groups excluding tert-OH is 2. The lowest BCUT2D eigenvalue weighted by atomic mass is 10.1. The fourth-order valence-corrected chi connectivity index (χ4v) is 3.14. The van der Waals surface area contributed by atoms with Gasteiger partial charge in [-0.2, -0.15) is 0 Å². The average Bonchev–Trinajstić information content (AvgIpc) is 2.88. The molecule has 0 aromatic heterocycles. The number of allylic oxidation sites excluding steroid dienone is 2. The van der Waals surface area contributed by atoms with Crippen molar-refractivity contribution >= 4 is 11.9 Å². The molecule has 0 fully saturated rings. The van der Waals surface area contributed by atoms with Crippen LogP contribution in [0.4, 0.5) is 0 Å². The quantitative estimate of drug-likeness (QED) is 0.0801. The molecule has 7 nitrogen and oxygen atoms in total. The Morgan fingerprint density at radius 1 is 0.722 bits per heavy atom. The number of nitrogens with two attached hydrogens (primary N) is 1. The summed E-state index contributed by atoms with van der Waals surface area (Å²) in [5.74, 6) is 0.0294. The Balaban J connectivity index is -0.000000515. The normalized spacial score (nSPS) is 9.78. The van der Waals surface area contributed by atoms with Crippen molar-refractivity contribution in [1.29, 1.82) is 0 Å². The van der Waals surface area contributed by atoms with Crippen LogP contribution in [0.25, 0.3) is 0 Å². The number of nitrogens with one attached hydrogen (secondary N) is 1. The van der Waals surface area contributed by atoms with Crippen LogP contribution >= 0.6 is 0 Å². The van der Waals surface area contributed by atoms with E-state index in [1.54, 1.807) is 0 Å². The smallest absolute Gasteiger partial charge is 0.305 e. The van der Waals surface area contributed by atoms with Crippen molar-refractivity contribution in [1.82, 2.24) is 5.32 Å². The SMILES string of the molecule is C=CCCCCCCCCC(=O)NCCCO.C=CCCCCCCCCC(=O)OC.NCCCO. The third-order valence-corrected chi connectivity index (χ3v) is 5.35. The molecule has 5 N–H and O–H groups in total. The van der Waals surface area contributed by atoms with Gasteiger partial charge in [0, 0.05) is 32.6 Å². The molecule has 0 radical (unpaired) electrons. The van der Waals surface area contributed by atoms with E-state index in [4.69, 9.17) is 15.9 Å². The lowest BCUT2D eigenvalue weighted by Crippen LogP contribution is -2.24. The number of aliphatic hydroxyl groups is 2. The number of amides is 1. The third kappa shape index (κ3) is 42.5. The second kappa shape index (κ2) is 37.8. The van der Waals surface area contributed by atoms with Crippen LogP contribution < -0.4 is 11.1 Å². The summed E-state index contributed by atoms with van der Waals surface area (Å²) in [5.41, 5.74) is 4.98. The molecule has 0 saturated heterocycles. The number of methoxy groups -OCH3 is 1. The van der Waals surface area contributed by atoms with Gasteiger partial charge in [0.15, 0.2) is 0 Å². The van der Waals surface area contributed by atoms with Crippen LogP contribution in [0.5, 0.6) is 0 Å². The van der Waals surface area contributed by atoms with Gasteiger partial charge >= 0.3 is 5.97 Å². The maximum atomic E-state index is 11.3. The second-order valence-electron chi connectivity index (χ2n) is 8.77. The van der Waals surface area contributed by atoms with Crippen LogP contribution in [-0.2, 0) is 14.3 Å². The molecule has 0 spiro atoms. The van der Waals surface area contributed by atoms with E-state index in [0.717, 1.165) is 44.9 Å². The number of esters is 1. The van der Waals surface area contributed by atoms with E-state index in [0.29, 0.717) is 32.4 Å². The zero-order chi connectivity index (χ0) is 27.5. The van der Waals surface area contributed by atoms with E-state index in [9.17, 15) is 9.59 Å². The van der Waals surface area contributed by atoms with E-state index < -0.39 is 0 Å². The minimum Gasteiger partial charge on any atom is -0.469 e. The third-order valence-electron chi connectivity index (χ3n) is 5.35. The second-order valence-corrected chi connectivity index (χ2v) is 8.77. The molecule has 0 aromatic carbocycles. The number of hydrogen-bond donors (Lipinski definition) is 4. The monoisotopic (exact) mass is 514 g/mol. The lowest BCUT2D eigenvalue weighted by molar-refractivity contribution is -0.140. The summed E-state index contributed by atoms with van der Waals surface area (Å²) in [6.45, 7) is 8.93. The van der Waals surface area contributed by atoms with Crippen molar-refractivity contribution in [3.63, 3.8) is 0 Å². The summed E-state index contributed by atoms with van der Waals surface area (Å²) in [6, 6.07) is 0. The van der Waals surface area contributed by atoms with Crippen LogP contribution in [0, 0.1) is 0 Å². The van der Waals surface area contributed by atoms with Crippen LogP contribution in [0.1, 0.15) is 116 Å². The summed E-state index contributed by atoms with van der Waals surface area (Å²) in [5, 5.41) is 19.3. The van der Waals surface area contributed by atoms with Crippen molar-refractivity contribution in [3.8, 4) is 0 Å². The summed E-state index contributed by atoms with van der Waals surface area (Å²) < 4.78 is 4.56. The number of carbonyl (C=O) groups is 2. The van der Waals surface area contributed by atoms with E-state index in [-0.39, 0.29) is 25.1 Å². The molecule has 7 heteroatoms. The summed E-state index contributed by atoms with van der Waals surface area (Å²) in [4.78, 5) is 22.0. The van der Waals surface area contributed by atoms with Crippen molar-refractivity contribution in [2.24, 2.45) is 5.73 Å². The Morgan fingerprint density at radius 3 is 1.56 bits per heavy atom. The molecule has 0 bridgehead atoms. The topological polar surface area (TPSA) is 122 Å². The van der Waals surface area contributed by atoms with E-state index >= 15 is 0 Å². The molecule has 0 aliphatic carbocycles. The summed E-state index contributed by atoms with van der Waals surface area (Å²) >= 11 is 0. The van der Waals surface area contributed by atoms with Gasteiger partial charge in [-0.05, 0) is 57.9 Å². The molecule has 0 heterocycles. The number of carbonyl (C=O) groups excluding carboxylic acids is 2. The maximum Gasteiger partial charge on any atom is 0.305 e. The highest BCUT2D eigenvalue weighted by Gasteiger charge is 2.00. The minimum absolute atomic E-state index is 0.0864. The van der Waals surface area contributed by atoms with Crippen LogP contribution in [0.15, 0.2) is 25.3 Å². The Hall–Kier alpha value is -1.70. The first-order chi connectivity index (χ1) is 17.5. The average molecular weight is 515 g/mol. The summed E-state index contributed by atoms with van der Waals surface area (Å²) in [7, 11) is 1.44. The van der Waals surface area contributed by atoms with Crippen molar-refractivity contribution < 1.29 is 24.5 Å². The van der Waals surface area contributed by atoms with Gasteiger partial charge in [0.05, 0.1) is 7.11 Å². The van der Waals surface area contributed by atoms with E-state index in [1.165, 1.54) is 58.5 Å². The van der Waals surface area contributed by atoms with Crippen molar-refractivity contribution in [3.05, 3.63) is 25.3 Å². The van der Waals surface area contributed by atoms with Gasteiger partial charge in [-0.15, -0.1) is 13.2 Å². The van der Waals surface area contributed by atoms with Gasteiger partial charge in [-0.1, -0.05) is 63.5 Å². The van der Waals surface area contributed by atoms with Crippen molar-refractivity contribution in [2.45, 2.75) is 116 Å². The number of rotatable bonds is 23. The molecular formula is C29H58N2O5. The molecule has 0 aliphatic heterocycles. The minimum atomic E-state index is -0.0864. The van der Waals surface area contributed by atoms with Gasteiger partial charge in [-0.3, -0.25) is 9.59 Å². The molecule has 36 heavy (non-hydrogen) atoms. The lowest BCUT2D eigenvalue weighted by Gasteiger charge is -2.04. The molecule has 0 rings (SSSR count). The van der Waals surface area contributed by atoms with Gasteiger partial charge in [-0.25, -0.2) is 0 Å². The van der Waals surface area contributed by atoms with E-state index in [2.05, 4.69) is 23.2 Å². The first-order valence-corrected chi connectivity index (χ1v) is 14.0. The Kier molecular flexibility index (Phi) is 40.8. The first kappa shape index (κ1) is 38.8. The summed E-state index contributed by atoms with van der Waals surface area (Å²) in [6.07, 6.45) is 23.0. The zero-order valence-electron chi connectivity index (χ0n) is 23.3. The Bertz CT molecular complexity index is 471. The van der Waals surface area contributed by atoms with Crippen LogP contribution in [0.3, 0.4) is 0 Å². The van der Waals surface area contributed by atoms with Crippen LogP contribution in [0.2, 0.25) is 0 Å². The van der Waals surface area contributed by atoms with Crippen LogP contribution in [-0.4, -0.2) is 55.5 Å². The fraction of sp³-hybridized carbons (Fsp3) is 0.793. The molecular weight excluding hydrogens is 456 g/mol.